The van der Waals surface area contributed by atoms with Crippen LogP contribution in [0.4, 0.5) is 34.1 Å². The van der Waals surface area contributed by atoms with E-state index < -0.39 is 55.1 Å². The van der Waals surface area contributed by atoms with E-state index in [0.717, 1.165) is 62.7 Å². The minimum absolute atomic E-state index is 0.110. The third-order valence-electron chi connectivity index (χ3n) is 19.8. The molecule has 0 fully saturated rings. The van der Waals surface area contributed by atoms with Gasteiger partial charge in [-0.3, -0.25) is 0 Å². The Morgan fingerprint density at radius 1 is 0.419 bits per heavy atom. The van der Waals surface area contributed by atoms with Crippen LogP contribution in [0, 0.1) is 35.8 Å². The number of halogens is 8. The summed E-state index contributed by atoms with van der Waals surface area (Å²) in [4.78, 5) is 54.6. The van der Waals surface area contributed by atoms with Crippen LogP contribution in [0.3, 0.4) is 0 Å². The zero-order chi connectivity index (χ0) is 98.2. The molecular formula is C102H96BBr6Cl2N8S14Sn3. The number of hydrogen-bond acceptors (Lipinski definition) is 20. The zero-order valence-electron chi connectivity index (χ0n) is 76.4. The molecule has 18 rings (SSSR count). The predicted octanol–water partition coefficient (Wildman–Crippen LogP) is 40.6. The van der Waals surface area contributed by atoms with Gasteiger partial charge in [-0.15, -0.1) is 113 Å². The van der Waals surface area contributed by atoms with Crippen LogP contribution in [-0.2, 0) is 0 Å². The van der Waals surface area contributed by atoms with Crippen LogP contribution in [0.1, 0.15) is 121 Å². The van der Waals surface area contributed by atoms with E-state index in [-0.39, 0.29) is 11.4 Å². The van der Waals surface area contributed by atoms with Crippen LogP contribution in [0.5, 0.6) is 0 Å². The fraction of sp³-hybridized carbons (Fsp3) is 0.196. The molecule has 2 aliphatic carbocycles. The van der Waals surface area contributed by atoms with E-state index in [1.165, 1.54) is 137 Å². The maximum atomic E-state index is 9.09. The van der Waals surface area contributed by atoms with Gasteiger partial charge in [0.25, 0.3) is 11.4 Å². The van der Waals surface area contributed by atoms with Gasteiger partial charge in [-0.2, -0.15) is 0 Å². The van der Waals surface area contributed by atoms with E-state index in [2.05, 4.69) is 452 Å². The van der Waals surface area contributed by atoms with Crippen molar-refractivity contribution in [1.82, 2.24) is 0 Å². The molecule has 13 aromatic heterocycles. The van der Waals surface area contributed by atoms with Crippen molar-refractivity contribution >= 4 is 469 Å². The summed E-state index contributed by atoms with van der Waals surface area (Å²) in [6, 6.07) is 39.0. The van der Waals surface area contributed by atoms with Gasteiger partial charge in [-0.05, 0) is 298 Å². The molecular weight excluding hydrogens is 2700 g/mol. The molecule has 0 amide bonds. The molecule has 136 heavy (non-hydrogen) atoms. The van der Waals surface area contributed by atoms with E-state index in [4.69, 9.17) is 46.9 Å². The summed E-state index contributed by atoms with van der Waals surface area (Å²) in [7, 11) is 4.34. The first-order valence-corrected chi connectivity index (χ1v) is 89.6. The molecule has 8 nitrogen and oxygen atoms in total. The summed E-state index contributed by atoms with van der Waals surface area (Å²) in [6.07, 6.45) is 42.8. The summed E-state index contributed by atoms with van der Waals surface area (Å²) in [5.41, 5.74) is 15.1. The van der Waals surface area contributed by atoms with Crippen molar-refractivity contribution in [1.29, 1.82) is 10.5 Å². The Hall–Kier alpha value is -3.85. The fourth-order valence-corrected chi connectivity index (χ4v) is 44.9. The monoisotopic (exact) mass is 2790 g/mol. The number of anilines is 6. The van der Waals surface area contributed by atoms with Gasteiger partial charge in [0.15, 0.2) is 0 Å². The summed E-state index contributed by atoms with van der Waals surface area (Å²) in [5, 5.41) is 33.0. The van der Waals surface area contributed by atoms with Gasteiger partial charge in [-0.25, -0.2) is 20.2 Å². The molecule has 0 aromatic carbocycles. The number of nitriles is 2. The van der Waals surface area contributed by atoms with Gasteiger partial charge in [0.1, 0.15) is 0 Å². The number of fused-ring (bicyclic) bond motifs is 6. The van der Waals surface area contributed by atoms with Crippen molar-refractivity contribution in [3.8, 4) is 12.1 Å². The van der Waals surface area contributed by atoms with Gasteiger partial charge in [0, 0.05) is 81.1 Å². The first-order valence-electron chi connectivity index (χ1n) is 42.6. The summed E-state index contributed by atoms with van der Waals surface area (Å²) >= 11 is 51.9. The third kappa shape index (κ3) is 33.9. The quantitative estimate of drug-likeness (QED) is 0.0378. The number of nitrogens with zero attached hydrogens (tertiary/aromatic N) is 8. The average molecular weight is 2800 g/mol. The van der Waals surface area contributed by atoms with Crippen LogP contribution in [0.2, 0.25) is 44.5 Å². The minimum atomic E-state index is -2.02. The van der Waals surface area contributed by atoms with E-state index in [1.54, 1.807) is 112 Å². The van der Waals surface area contributed by atoms with Crippen molar-refractivity contribution in [2.45, 2.75) is 97.3 Å². The van der Waals surface area contributed by atoms with Gasteiger partial charge in [-0.1, -0.05) is 84.6 Å². The second-order valence-electron chi connectivity index (χ2n) is 32.9. The van der Waals surface area contributed by atoms with Crippen LogP contribution in [0.15, 0.2) is 235 Å². The molecule has 16 heterocycles. The molecule has 13 aromatic rings. The summed E-state index contributed by atoms with van der Waals surface area (Å²) in [5.74, 6) is 0. The molecule has 0 unspecified atom stereocenters. The average Bonchev–Trinajstić information content (AvgIpc) is 1.61. The Labute approximate surface area is 934 Å². The van der Waals surface area contributed by atoms with Gasteiger partial charge < -0.3 is 9.80 Å². The van der Waals surface area contributed by atoms with Gasteiger partial charge in [0.05, 0.1) is 75.1 Å². The number of hydrogen-bond donors (Lipinski definition) is 1. The van der Waals surface area contributed by atoms with E-state index in [9.17, 15) is 0 Å². The zero-order valence-corrected chi connectivity index (χ0v) is 108. The predicted molar refractivity (Wildman–Crippen MR) is 657 cm³/mol. The molecule has 3 aliphatic heterocycles. The van der Waals surface area contributed by atoms with Crippen molar-refractivity contribution < 1.29 is 0 Å². The summed E-state index contributed by atoms with van der Waals surface area (Å²) in [6.45, 7) is 24.1. The Bertz CT molecular complexity index is 6400. The number of thiol groups is 1. The normalized spacial score (nSPS) is 13.3. The standard InChI is InChI=1S/C31H21N5S2.C13H13NS2.C13H11NS2.C10H4Br4S2.C10H6Br2S2.C10H8S2.C4H3S.C2H2Cl2.9CH3.BHNS.3Sn/c1-4-11-36-26-16-30(22-7-5-20(12-22)14-24(18-32)34-2)37-28(26)9-10-29-27(36)17-31(38-29)23-8-6-21(13-23)15-25(19-33)35-3;2*1-2-7-14-10-5-8-15-12(10)3-4-13-11(14)6-9-16-13;11-5-3-9(13)15-7(5)1-2-8-6(12)4-10(14)16-8;11-7-3-5-13-9(7)1-2-10-8(12)4-6-14-10;1-3-9(11-7-1)5-6-10-4-2-8-12-10;1-2-4-5-3-1;3-1-2-4;;;;;;;;;;1-2-3;;;/h5-10,14-17H,4,11-13H2,1H3;3-6,8-9H,2,7H2,1H3;3-6H,2,7H2,1H3;1-4H;1-6H;1-8H;1-3H;1-2H;9*1H3;3H;;;/b24-14-,25-15+;;;2*2-1-;6-5-;;2-1-;;;;;;;;;;;;;. The first kappa shape index (κ1) is 114. The second-order valence-corrected chi connectivity index (χ2v) is 99.2. The van der Waals surface area contributed by atoms with Crippen LogP contribution >= 0.6 is 279 Å². The molecule has 0 saturated carbocycles. The van der Waals surface area contributed by atoms with Crippen molar-refractivity contribution in [2.75, 3.05) is 34.3 Å². The molecule has 0 N–H and O–H groups in total. The molecule has 0 saturated heterocycles. The van der Waals surface area contributed by atoms with Crippen molar-refractivity contribution in [3.05, 3.63) is 321 Å². The molecule has 699 valence electrons. The maximum absolute atomic E-state index is 9.09. The molecule has 34 heteroatoms. The topological polar surface area (TPSA) is 78.4 Å². The summed E-state index contributed by atoms with van der Waals surface area (Å²) < 4.78 is 14.6. The van der Waals surface area contributed by atoms with Crippen LogP contribution < -0.4 is 23.4 Å². The third-order valence-corrected chi connectivity index (χ3v) is 66.2. The van der Waals surface area contributed by atoms with E-state index >= 15 is 0 Å². The molecule has 0 bridgehead atoms. The molecule has 1 radical (unpaired) electrons. The second kappa shape index (κ2) is 57.2. The van der Waals surface area contributed by atoms with E-state index in [0.29, 0.717) is 12.8 Å². The molecule has 0 atom stereocenters. The molecule has 5 aliphatic rings. The number of rotatable bonds is 19. The first-order chi connectivity index (χ1) is 65.3. The van der Waals surface area contributed by atoms with Crippen molar-refractivity contribution in [2.24, 2.45) is 4.30 Å². The van der Waals surface area contributed by atoms with E-state index in [1.807, 2.05) is 58.3 Å². The van der Waals surface area contributed by atoms with Gasteiger partial charge in [0.2, 0.25) is 0 Å². The SMILES string of the molecule is Brc1cc(Br)c(/C=C\c2sc(Br)cc2Br)s1.Brc1ccsc1/C=C\c1sccc1Br.C(=C/c1cccs1)/c1cccs1.CCCN1c2c[c]([Sn]([CH3])([CH3])[CH3])sc2C=Cc2s[c]([Sn]([CH3])([CH3])[CH3])cc21.CCCN1c2ccsc2C=Cc2sccc21.Cl/C=C\Cl.[B]=NS.[C-]#[N+]/C(C#N)=C\C1=CC=C(c2cc3c(s2)C=Cc2sc(C4=CC=C(/C=C(\C#N)[N+]#[C-])C4)cc2N3CCC)C1.[CH3][Sn]([CH3])([CH3])[c]1cccs1. The van der Waals surface area contributed by atoms with Crippen LogP contribution in [-0.4, -0.2) is 82.4 Å². The number of thiophene rings is 13. The number of allylic oxidation sites excluding steroid dienone is 12. The van der Waals surface area contributed by atoms with Gasteiger partial charge >= 0.3 is 255 Å². The Kier molecular flexibility index (Phi) is 47.9. The van der Waals surface area contributed by atoms with Crippen LogP contribution in [0.25, 0.3) is 93.7 Å². The van der Waals surface area contributed by atoms with Crippen molar-refractivity contribution in [3.63, 3.8) is 0 Å². The Morgan fingerprint density at radius 3 is 1.07 bits per heavy atom. The fourth-order valence-electron chi connectivity index (χ4n) is 13.4. The Morgan fingerprint density at radius 2 is 0.765 bits per heavy atom. The molecule has 0 spiro atoms. The Balaban J connectivity index is 0.000000170.